The monoisotopic (exact) mass is 227 g/mol. The fraction of sp³-hybridized carbons (Fsp3) is 0.444. The summed E-state index contributed by atoms with van der Waals surface area (Å²) in [7, 11) is 0. The summed E-state index contributed by atoms with van der Waals surface area (Å²) in [5.74, 6) is -1.42. The predicted molar refractivity (Wildman–Crippen MR) is 53.7 cm³/mol. The minimum Gasteiger partial charge on any atom is -0.480 e. The summed E-state index contributed by atoms with van der Waals surface area (Å²) in [6.07, 6.45) is 5.08. The SMILES string of the molecule is O=C(O)COCC(=O)NCCn1ccnc1. The standard InChI is InChI=1S/C9H13N3O4/c13-8(5-16-6-9(14)15)11-2-4-12-3-1-10-7-12/h1,3,7H,2,4-6H2,(H,11,13)(H,14,15). The summed E-state index contributed by atoms with van der Waals surface area (Å²) in [6, 6.07) is 0. The van der Waals surface area contributed by atoms with Crippen LogP contribution in [-0.4, -0.2) is 46.3 Å². The Labute approximate surface area is 92.0 Å². The Hall–Kier alpha value is -1.89. The van der Waals surface area contributed by atoms with Crippen molar-refractivity contribution in [2.75, 3.05) is 19.8 Å². The third kappa shape index (κ3) is 5.11. The quantitative estimate of drug-likeness (QED) is 0.629. The number of carboxylic acid groups (broad SMARTS) is 1. The topological polar surface area (TPSA) is 93.5 Å². The second kappa shape index (κ2) is 6.57. The van der Waals surface area contributed by atoms with E-state index in [-0.39, 0.29) is 12.5 Å². The third-order valence-corrected chi connectivity index (χ3v) is 1.71. The Kier molecular flexibility index (Phi) is 5.00. The molecule has 1 aromatic heterocycles. The number of carbonyl (C=O) groups excluding carboxylic acids is 1. The Morgan fingerprint density at radius 1 is 1.44 bits per heavy atom. The number of aliphatic carboxylic acids is 1. The molecular weight excluding hydrogens is 214 g/mol. The fourth-order valence-electron chi connectivity index (χ4n) is 1.03. The number of rotatable bonds is 7. The maximum Gasteiger partial charge on any atom is 0.329 e. The molecule has 0 aliphatic rings. The summed E-state index contributed by atoms with van der Waals surface area (Å²) in [5.41, 5.74) is 0. The molecule has 0 saturated carbocycles. The van der Waals surface area contributed by atoms with Crippen molar-refractivity contribution in [3.05, 3.63) is 18.7 Å². The van der Waals surface area contributed by atoms with Crippen LogP contribution in [0.2, 0.25) is 0 Å². The lowest BCUT2D eigenvalue weighted by Crippen LogP contribution is -2.31. The van der Waals surface area contributed by atoms with Gasteiger partial charge < -0.3 is 19.7 Å². The van der Waals surface area contributed by atoms with E-state index in [0.29, 0.717) is 13.1 Å². The van der Waals surface area contributed by atoms with Crippen LogP contribution in [0.4, 0.5) is 0 Å². The number of carbonyl (C=O) groups is 2. The lowest BCUT2D eigenvalue weighted by atomic mass is 10.5. The summed E-state index contributed by atoms with van der Waals surface area (Å²) in [6.45, 7) is 0.363. The van der Waals surface area contributed by atoms with Crippen LogP contribution in [0.3, 0.4) is 0 Å². The number of amides is 1. The van der Waals surface area contributed by atoms with Crippen molar-refractivity contribution in [1.82, 2.24) is 14.9 Å². The zero-order chi connectivity index (χ0) is 11.8. The molecule has 2 N–H and O–H groups in total. The molecule has 7 heteroatoms. The Morgan fingerprint density at radius 3 is 2.88 bits per heavy atom. The first kappa shape index (κ1) is 12.2. The first-order valence-corrected chi connectivity index (χ1v) is 4.70. The molecule has 0 spiro atoms. The van der Waals surface area contributed by atoms with Gasteiger partial charge in [-0.15, -0.1) is 0 Å². The van der Waals surface area contributed by atoms with Gasteiger partial charge in [-0.25, -0.2) is 9.78 Å². The zero-order valence-electron chi connectivity index (χ0n) is 8.63. The van der Waals surface area contributed by atoms with E-state index in [0.717, 1.165) is 0 Å². The number of imidazole rings is 1. The lowest BCUT2D eigenvalue weighted by molar-refractivity contribution is -0.143. The van der Waals surface area contributed by atoms with Crippen LogP contribution >= 0.6 is 0 Å². The van der Waals surface area contributed by atoms with Crippen molar-refractivity contribution in [3.8, 4) is 0 Å². The maximum atomic E-state index is 11.1. The molecule has 0 bridgehead atoms. The first-order valence-electron chi connectivity index (χ1n) is 4.70. The number of carboxylic acids is 1. The van der Waals surface area contributed by atoms with Gasteiger partial charge in [-0.3, -0.25) is 4.79 Å². The van der Waals surface area contributed by atoms with E-state index in [1.165, 1.54) is 0 Å². The minimum atomic E-state index is -1.09. The van der Waals surface area contributed by atoms with Crippen LogP contribution in [0.5, 0.6) is 0 Å². The van der Waals surface area contributed by atoms with Gasteiger partial charge in [0.1, 0.15) is 13.2 Å². The Morgan fingerprint density at radius 2 is 2.25 bits per heavy atom. The van der Waals surface area contributed by atoms with Crippen LogP contribution in [0.1, 0.15) is 0 Å². The molecule has 0 atom stereocenters. The molecule has 0 unspecified atom stereocenters. The third-order valence-electron chi connectivity index (χ3n) is 1.71. The number of nitrogens with zero attached hydrogens (tertiary/aromatic N) is 2. The van der Waals surface area contributed by atoms with E-state index < -0.39 is 12.6 Å². The van der Waals surface area contributed by atoms with Crippen LogP contribution in [0.25, 0.3) is 0 Å². The van der Waals surface area contributed by atoms with Crippen LogP contribution < -0.4 is 5.32 Å². The van der Waals surface area contributed by atoms with Crippen molar-refractivity contribution in [3.63, 3.8) is 0 Å². The second-order valence-corrected chi connectivity index (χ2v) is 3.04. The molecule has 1 aromatic rings. The molecule has 1 amide bonds. The molecule has 0 saturated heterocycles. The molecule has 0 radical (unpaired) electrons. The Balaban J connectivity index is 2.04. The molecule has 1 heterocycles. The molecule has 1 rings (SSSR count). The van der Waals surface area contributed by atoms with E-state index in [4.69, 9.17) is 5.11 Å². The second-order valence-electron chi connectivity index (χ2n) is 3.04. The fourth-order valence-corrected chi connectivity index (χ4v) is 1.03. The molecule has 0 aliphatic heterocycles. The van der Waals surface area contributed by atoms with Gasteiger partial charge in [-0.2, -0.15) is 0 Å². The summed E-state index contributed by atoms with van der Waals surface area (Å²) in [4.78, 5) is 25.0. The van der Waals surface area contributed by atoms with Gasteiger partial charge >= 0.3 is 5.97 Å². The summed E-state index contributed by atoms with van der Waals surface area (Å²) in [5, 5.41) is 10.8. The maximum absolute atomic E-state index is 11.1. The van der Waals surface area contributed by atoms with Crippen molar-refractivity contribution in [2.24, 2.45) is 0 Å². The van der Waals surface area contributed by atoms with Crippen molar-refractivity contribution >= 4 is 11.9 Å². The number of nitrogens with one attached hydrogen (secondary N) is 1. The zero-order valence-corrected chi connectivity index (χ0v) is 8.63. The Bertz CT molecular complexity index is 337. The van der Waals surface area contributed by atoms with Gasteiger partial charge in [0, 0.05) is 25.5 Å². The highest BCUT2D eigenvalue weighted by atomic mass is 16.5. The van der Waals surface area contributed by atoms with E-state index in [2.05, 4.69) is 15.0 Å². The van der Waals surface area contributed by atoms with Crippen LogP contribution in [0, 0.1) is 0 Å². The normalized spacial score (nSPS) is 10.0. The lowest BCUT2D eigenvalue weighted by Gasteiger charge is -2.05. The van der Waals surface area contributed by atoms with E-state index in [1.54, 1.807) is 18.7 Å². The van der Waals surface area contributed by atoms with Gasteiger partial charge in [0.15, 0.2) is 0 Å². The minimum absolute atomic E-state index is 0.240. The molecule has 0 fully saturated rings. The molecular formula is C9H13N3O4. The molecule has 0 aliphatic carbocycles. The van der Waals surface area contributed by atoms with Gasteiger partial charge in [-0.1, -0.05) is 0 Å². The van der Waals surface area contributed by atoms with Crippen LogP contribution in [0.15, 0.2) is 18.7 Å². The van der Waals surface area contributed by atoms with Crippen molar-refractivity contribution < 1.29 is 19.4 Å². The average Bonchev–Trinajstić information content (AvgIpc) is 2.70. The molecule has 88 valence electrons. The molecule has 0 aromatic carbocycles. The van der Waals surface area contributed by atoms with E-state index in [1.807, 2.05) is 4.57 Å². The summed E-state index contributed by atoms with van der Waals surface area (Å²) >= 11 is 0. The highest BCUT2D eigenvalue weighted by Gasteiger charge is 2.02. The summed E-state index contributed by atoms with van der Waals surface area (Å²) < 4.78 is 6.43. The first-order chi connectivity index (χ1) is 7.68. The molecule has 16 heavy (non-hydrogen) atoms. The van der Waals surface area contributed by atoms with Crippen molar-refractivity contribution in [2.45, 2.75) is 6.54 Å². The highest BCUT2D eigenvalue weighted by molar-refractivity contribution is 5.77. The smallest absolute Gasteiger partial charge is 0.329 e. The van der Waals surface area contributed by atoms with E-state index in [9.17, 15) is 9.59 Å². The van der Waals surface area contributed by atoms with Crippen molar-refractivity contribution in [1.29, 1.82) is 0 Å². The largest absolute Gasteiger partial charge is 0.480 e. The van der Waals surface area contributed by atoms with Gasteiger partial charge in [0.05, 0.1) is 6.33 Å². The number of hydrogen-bond donors (Lipinski definition) is 2. The van der Waals surface area contributed by atoms with Gasteiger partial charge in [0.25, 0.3) is 0 Å². The molecule has 7 nitrogen and oxygen atoms in total. The van der Waals surface area contributed by atoms with Crippen LogP contribution in [-0.2, 0) is 20.9 Å². The highest BCUT2D eigenvalue weighted by Crippen LogP contribution is 1.83. The van der Waals surface area contributed by atoms with Gasteiger partial charge in [-0.05, 0) is 0 Å². The number of hydrogen-bond acceptors (Lipinski definition) is 4. The number of aromatic nitrogens is 2. The predicted octanol–water partition coefficient (Wildman–Crippen LogP) is -0.899. The number of ether oxygens (including phenoxy) is 1. The van der Waals surface area contributed by atoms with E-state index >= 15 is 0 Å². The van der Waals surface area contributed by atoms with Gasteiger partial charge in [0.2, 0.25) is 5.91 Å². The average molecular weight is 227 g/mol.